The van der Waals surface area contributed by atoms with Crippen molar-refractivity contribution in [3.05, 3.63) is 33.5 Å². The Morgan fingerprint density at radius 1 is 1.33 bits per heavy atom. The molecule has 1 saturated carbocycles. The number of fused-ring (bicyclic) bond motifs is 1. The quantitative estimate of drug-likeness (QED) is 0.716. The number of alkyl carbamates (subject to hydrolysis) is 1. The lowest BCUT2D eigenvalue weighted by Crippen LogP contribution is -2.43. The SMILES string of the molecule is CC(C)(C)OC(=O)N[C@H]1CCC[C@@H](CN2CCc3cc(Br)c(F)cc3C2)C1. The van der Waals surface area contributed by atoms with E-state index in [0.29, 0.717) is 10.4 Å². The van der Waals surface area contributed by atoms with Crippen molar-refractivity contribution < 1.29 is 13.9 Å². The average molecular weight is 441 g/mol. The van der Waals surface area contributed by atoms with Crippen molar-refractivity contribution in [1.82, 2.24) is 10.2 Å². The minimum absolute atomic E-state index is 0.184. The first-order valence-electron chi connectivity index (χ1n) is 9.88. The number of ether oxygens (including phenoxy) is 1. The molecule has 1 aliphatic heterocycles. The van der Waals surface area contributed by atoms with E-state index in [2.05, 4.69) is 26.1 Å². The van der Waals surface area contributed by atoms with Crippen molar-refractivity contribution in [1.29, 1.82) is 0 Å². The van der Waals surface area contributed by atoms with Gasteiger partial charge in [-0.2, -0.15) is 0 Å². The summed E-state index contributed by atoms with van der Waals surface area (Å²) in [7, 11) is 0. The summed E-state index contributed by atoms with van der Waals surface area (Å²) in [5, 5.41) is 3.04. The van der Waals surface area contributed by atoms with E-state index in [1.807, 2.05) is 26.8 Å². The van der Waals surface area contributed by atoms with Crippen molar-refractivity contribution in [3.63, 3.8) is 0 Å². The van der Waals surface area contributed by atoms with Gasteiger partial charge in [0.15, 0.2) is 0 Å². The number of rotatable bonds is 3. The van der Waals surface area contributed by atoms with Crippen molar-refractivity contribution in [2.24, 2.45) is 5.92 Å². The van der Waals surface area contributed by atoms with E-state index in [-0.39, 0.29) is 18.0 Å². The maximum atomic E-state index is 13.9. The second kappa shape index (κ2) is 8.48. The van der Waals surface area contributed by atoms with Gasteiger partial charge < -0.3 is 10.1 Å². The second-order valence-electron chi connectivity index (χ2n) is 8.90. The van der Waals surface area contributed by atoms with Crippen LogP contribution in [0.15, 0.2) is 16.6 Å². The van der Waals surface area contributed by atoms with Gasteiger partial charge in [-0.25, -0.2) is 9.18 Å². The van der Waals surface area contributed by atoms with Gasteiger partial charge in [-0.3, -0.25) is 4.90 Å². The van der Waals surface area contributed by atoms with Gasteiger partial charge in [-0.05, 0) is 91.6 Å². The van der Waals surface area contributed by atoms with Gasteiger partial charge in [-0.1, -0.05) is 6.42 Å². The Balaban J connectivity index is 1.52. The van der Waals surface area contributed by atoms with E-state index < -0.39 is 5.60 Å². The zero-order valence-electron chi connectivity index (χ0n) is 16.5. The predicted octanol–water partition coefficient (Wildman–Crippen LogP) is 5.03. The number of hydrogen-bond acceptors (Lipinski definition) is 3. The third-order valence-electron chi connectivity index (χ3n) is 5.35. The molecule has 0 spiro atoms. The molecule has 2 aliphatic rings. The van der Waals surface area contributed by atoms with E-state index in [0.717, 1.165) is 50.9 Å². The fraction of sp³-hybridized carbons (Fsp3) is 0.667. The van der Waals surface area contributed by atoms with Crippen LogP contribution in [0.25, 0.3) is 0 Å². The normalized spacial score (nSPS) is 23.6. The molecule has 0 aromatic heterocycles. The molecule has 4 nitrogen and oxygen atoms in total. The number of carbonyl (C=O) groups is 1. The molecule has 1 amide bonds. The average Bonchev–Trinajstić information content (AvgIpc) is 2.54. The van der Waals surface area contributed by atoms with Crippen molar-refractivity contribution in [2.75, 3.05) is 13.1 Å². The molecular weight excluding hydrogens is 411 g/mol. The molecule has 1 heterocycles. The number of nitrogens with zero attached hydrogens (tertiary/aromatic N) is 1. The molecule has 27 heavy (non-hydrogen) atoms. The fourth-order valence-corrected chi connectivity index (χ4v) is 4.58. The molecule has 6 heteroatoms. The van der Waals surface area contributed by atoms with Gasteiger partial charge in [0.25, 0.3) is 0 Å². The summed E-state index contributed by atoms with van der Waals surface area (Å²) in [4.78, 5) is 14.5. The highest BCUT2D eigenvalue weighted by Crippen LogP contribution is 2.29. The Labute approximate surface area is 170 Å². The first-order valence-corrected chi connectivity index (χ1v) is 10.7. The zero-order valence-corrected chi connectivity index (χ0v) is 18.1. The van der Waals surface area contributed by atoms with Crippen molar-refractivity contribution in [3.8, 4) is 0 Å². The number of amides is 1. The monoisotopic (exact) mass is 440 g/mol. The molecule has 3 rings (SSSR count). The zero-order chi connectivity index (χ0) is 19.6. The van der Waals surface area contributed by atoms with Gasteiger partial charge >= 0.3 is 6.09 Å². The minimum Gasteiger partial charge on any atom is -0.444 e. The largest absolute Gasteiger partial charge is 0.444 e. The van der Waals surface area contributed by atoms with Crippen LogP contribution >= 0.6 is 15.9 Å². The first kappa shape index (κ1) is 20.6. The van der Waals surface area contributed by atoms with Crippen LogP contribution in [-0.4, -0.2) is 35.7 Å². The molecule has 0 unspecified atom stereocenters. The molecule has 150 valence electrons. The summed E-state index contributed by atoms with van der Waals surface area (Å²) in [5.41, 5.74) is 1.87. The van der Waals surface area contributed by atoms with Crippen LogP contribution < -0.4 is 5.32 Å². The summed E-state index contributed by atoms with van der Waals surface area (Å²) in [6.45, 7) is 8.46. The summed E-state index contributed by atoms with van der Waals surface area (Å²) in [5.74, 6) is 0.371. The Morgan fingerprint density at radius 3 is 2.85 bits per heavy atom. The van der Waals surface area contributed by atoms with Crippen LogP contribution in [0.1, 0.15) is 57.6 Å². The molecule has 1 N–H and O–H groups in total. The van der Waals surface area contributed by atoms with Gasteiger partial charge in [0.05, 0.1) is 4.47 Å². The standard InChI is InChI=1S/C21H30BrFN2O2/c1-21(2,3)27-20(26)24-17-6-4-5-14(9-17)12-25-8-7-15-10-18(22)19(23)11-16(15)13-25/h10-11,14,17H,4-9,12-13H2,1-3H3,(H,24,26)/t14-,17+/m1/s1. The Bertz CT molecular complexity index is 689. The van der Waals surface area contributed by atoms with Crippen LogP contribution in [-0.2, 0) is 17.7 Å². The number of carbonyl (C=O) groups excluding carboxylic acids is 1. The Morgan fingerprint density at radius 2 is 2.11 bits per heavy atom. The van der Waals surface area contributed by atoms with E-state index in [1.165, 1.54) is 12.0 Å². The molecule has 0 saturated heterocycles. The molecule has 0 radical (unpaired) electrons. The van der Waals surface area contributed by atoms with E-state index >= 15 is 0 Å². The molecule has 1 fully saturated rings. The van der Waals surface area contributed by atoms with E-state index in [9.17, 15) is 9.18 Å². The Kier molecular flexibility index (Phi) is 6.46. The highest BCUT2D eigenvalue weighted by Gasteiger charge is 2.28. The van der Waals surface area contributed by atoms with Crippen molar-refractivity contribution >= 4 is 22.0 Å². The molecular formula is C21H30BrFN2O2. The van der Waals surface area contributed by atoms with Gasteiger partial charge in [-0.15, -0.1) is 0 Å². The lowest BCUT2D eigenvalue weighted by molar-refractivity contribution is 0.0479. The third kappa shape index (κ3) is 5.92. The van der Waals surface area contributed by atoms with Crippen LogP contribution in [0.2, 0.25) is 0 Å². The number of nitrogens with one attached hydrogen (secondary N) is 1. The topological polar surface area (TPSA) is 41.6 Å². The van der Waals surface area contributed by atoms with Crippen LogP contribution in [0.3, 0.4) is 0 Å². The maximum absolute atomic E-state index is 13.9. The molecule has 1 aromatic rings. The summed E-state index contributed by atoms with van der Waals surface area (Å²) in [6.07, 6.45) is 4.94. The van der Waals surface area contributed by atoms with Gasteiger partial charge in [0.1, 0.15) is 11.4 Å². The van der Waals surface area contributed by atoms with Gasteiger partial charge in [0, 0.05) is 25.7 Å². The lowest BCUT2D eigenvalue weighted by Gasteiger charge is -2.36. The second-order valence-corrected chi connectivity index (χ2v) is 9.75. The number of benzene rings is 1. The molecule has 0 bridgehead atoms. The minimum atomic E-state index is -0.469. The molecule has 1 aliphatic carbocycles. The van der Waals surface area contributed by atoms with Crippen LogP contribution in [0.5, 0.6) is 0 Å². The number of hydrogen-bond donors (Lipinski definition) is 1. The predicted molar refractivity (Wildman–Crippen MR) is 108 cm³/mol. The summed E-state index contributed by atoms with van der Waals surface area (Å²) < 4.78 is 19.8. The third-order valence-corrected chi connectivity index (χ3v) is 5.96. The van der Waals surface area contributed by atoms with Crippen molar-refractivity contribution in [2.45, 2.75) is 71.1 Å². The van der Waals surface area contributed by atoms with Gasteiger partial charge in [0.2, 0.25) is 0 Å². The van der Waals surface area contributed by atoms with E-state index in [1.54, 1.807) is 6.07 Å². The summed E-state index contributed by atoms with van der Waals surface area (Å²) >= 11 is 3.28. The molecule has 1 aromatic carbocycles. The first-order chi connectivity index (χ1) is 12.7. The number of halogens is 2. The highest BCUT2D eigenvalue weighted by molar-refractivity contribution is 9.10. The highest BCUT2D eigenvalue weighted by atomic mass is 79.9. The summed E-state index contributed by atoms with van der Waals surface area (Å²) in [6, 6.07) is 3.77. The Hall–Kier alpha value is -1.14. The molecule has 2 atom stereocenters. The smallest absolute Gasteiger partial charge is 0.407 e. The van der Waals surface area contributed by atoms with Crippen LogP contribution in [0.4, 0.5) is 9.18 Å². The maximum Gasteiger partial charge on any atom is 0.407 e. The van der Waals surface area contributed by atoms with E-state index in [4.69, 9.17) is 4.74 Å². The van der Waals surface area contributed by atoms with Crippen LogP contribution in [0, 0.1) is 11.7 Å². The lowest BCUT2D eigenvalue weighted by atomic mass is 9.85. The fourth-order valence-electron chi connectivity index (χ4n) is 4.19.